The van der Waals surface area contributed by atoms with Crippen LogP contribution >= 0.6 is 0 Å². The maximum atomic E-state index is 12.5. The summed E-state index contributed by atoms with van der Waals surface area (Å²) in [4.78, 5) is 14.2. The summed E-state index contributed by atoms with van der Waals surface area (Å²) in [6, 6.07) is 17.4. The minimum Gasteiger partial charge on any atom is -0.483 e. The molecule has 0 spiro atoms. The molecule has 2 aromatic rings. The van der Waals surface area contributed by atoms with Gasteiger partial charge in [0.2, 0.25) is 0 Å². The van der Waals surface area contributed by atoms with E-state index in [0.717, 1.165) is 11.1 Å². The summed E-state index contributed by atoms with van der Waals surface area (Å²) < 4.78 is 11.1. The molecule has 0 bridgehead atoms. The maximum Gasteiger partial charge on any atom is 0.260 e. The van der Waals surface area contributed by atoms with Crippen LogP contribution in [0.3, 0.4) is 0 Å². The van der Waals surface area contributed by atoms with E-state index in [1.807, 2.05) is 54.6 Å². The van der Waals surface area contributed by atoms with E-state index >= 15 is 0 Å². The fourth-order valence-electron chi connectivity index (χ4n) is 3.19. The number of amides is 1. The van der Waals surface area contributed by atoms with Crippen LogP contribution in [0.2, 0.25) is 0 Å². The van der Waals surface area contributed by atoms with Gasteiger partial charge in [0.05, 0.1) is 18.8 Å². The first-order valence-electron chi connectivity index (χ1n) is 8.43. The lowest BCUT2D eigenvalue weighted by atomic mass is 10.1. The van der Waals surface area contributed by atoms with E-state index in [4.69, 9.17) is 9.47 Å². The summed E-state index contributed by atoms with van der Waals surface area (Å²) in [6.07, 6.45) is 0.622. The Balaban J connectivity index is 1.69. The van der Waals surface area contributed by atoms with Crippen molar-refractivity contribution < 1.29 is 19.4 Å². The van der Waals surface area contributed by atoms with Crippen LogP contribution in [-0.4, -0.2) is 54.9 Å². The maximum absolute atomic E-state index is 12.5. The van der Waals surface area contributed by atoms with Gasteiger partial charge in [0.15, 0.2) is 6.61 Å². The predicted octanol–water partition coefficient (Wildman–Crippen LogP) is 2.34. The van der Waals surface area contributed by atoms with Crippen LogP contribution in [0.25, 0.3) is 11.1 Å². The molecule has 1 fully saturated rings. The van der Waals surface area contributed by atoms with Crippen molar-refractivity contribution in [2.45, 2.75) is 18.6 Å². The zero-order valence-electron chi connectivity index (χ0n) is 14.3. The highest BCUT2D eigenvalue weighted by Gasteiger charge is 2.34. The predicted molar refractivity (Wildman–Crippen MR) is 95.4 cm³/mol. The van der Waals surface area contributed by atoms with Gasteiger partial charge in [-0.2, -0.15) is 0 Å². The van der Waals surface area contributed by atoms with Gasteiger partial charge in [-0.3, -0.25) is 4.79 Å². The Morgan fingerprint density at radius 1 is 1.16 bits per heavy atom. The Morgan fingerprint density at radius 2 is 1.88 bits per heavy atom. The molecular weight excluding hydrogens is 318 g/mol. The summed E-state index contributed by atoms with van der Waals surface area (Å²) >= 11 is 0. The van der Waals surface area contributed by atoms with E-state index < -0.39 is 0 Å². The highest BCUT2D eigenvalue weighted by Crippen LogP contribution is 2.29. The van der Waals surface area contributed by atoms with Crippen LogP contribution in [0.15, 0.2) is 54.6 Å². The topological polar surface area (TPSA) is 59.0 Å². The van der Waals surface area contributed by atoms with E-state index in [2.05, 4.69) is 0 Å². The number of likely N-dealkylation sites (tertiary alicyclic amines) is 1. The van der Waals surface area contributed by atoms with Crippen molar-refractivity contribution in [1.82, 2.24) is 4.90 Å². The Bertz CT molecular complexity index is 704. The molecule has 1 N–H and O–H groups in total. The summed E-state index contributed by atoms with van der Waals surface area (Å²) in [5, 5.41) is 9.49. The summed E-state index contributed by atoms with van der Waals surface area (Å²) in [5.74, 6) is 0.534. The monoisotopic (exact) mass is 341 g/mol. The molecule has 1 amide bonds. The molecule has 1 saturated heterocycles. The number of nitrogens with zero attached hydrogens (tertiary/aromatic N) is 1. The third kappa shape index (κ3) is 4.00. The quantitative estimate of drug-likeness (QED) is 0.876. The average molecular weight is 341 g/mol. The fourth-order valence-corrected chi connectivity index (χ4v) is 3.19. The second-order valence-corrected chi connectivity index (χ2v) is 6.13. The molecule has 5 nitrogen and oxygen atoms in total. The van der Waals surface area contributed by atoms with Crippen LogP contribution in [0.1, 0.15) is 6.42 Å². The molecule has 3 rings (SSSR count). The first-order chi connectivity index (χ1) is 12.2. The lowest BCUT2D eigenvalue weighted by Crippen LogP contribution is -2.40. The molecule has 0 aliphatic carbocycles. The molecule has 0 radical (unpaired) electrons. The van der Waals surface area contributed by atoms with Gasteiger partial charge in [-0.05, 0) is 18.1 Å². The van der Waals surface area contributed by atoms with Gasteiger partial charge in [0.25, 0.3) is 5.91 Å². The molecule has 2 aromatic carbocycles. The molecule has 0 saturated carbocycles. The van der Waals surface area contributed by atoms with Crippen molar-refractivity contribution in [3.8, 4) is 16.9 Å². The van der Waals surface area contributed by atoms with Gasteiger partial charge in [0, 0.05) is 19.2 Å². The molecule has 1 aliphatic rings. The normalized spacial score (nSPS) is 19.8. The van der Waals surface area contributed by atoms with Crippen LogP contribution < -0.4 is 4.74 Å². The molecule has 5 heteroatoms. The number of benzene rings is 2. The van der Waals surface area contributed by atoms with Crippen molar-refractivity contribution in [3.05, 3.63) is 54.6 Å². The van der Waals surface area contributed by atoms with Gasteiger partial charge in [-0.15, -0.1) is 0 Å². The number of carbonyl (C=O) groups excluding carboxylic acids is 1. The van der Waals surface area contributed by atoms with Crippen molar-refractivity contribution in [3.63, 3.8) is 0 Å². The molecule has 25 heavy (non-hydrogen) atoms. The van der Waals surface area contributed by atoms with E-state index in [9.17, 15) is 9.90 Å². The van der Waals surface area contributed by atoms with Crippen LogP contribution in [0.4, 0.5) is 0 Å². The van der Waals surface area contributed by atoms with Crippen LogP contribution in [0, 0.1) is 0 Å². The first kappa shape index (κ1) is 17.5. The third-order valence-electron chi connectivity index (χ3n) is 4.56. The Hall–Kier alpha value is -2.37. The number of para-hydroxylation sites is 1. The highest BCUT2D eigenvalue weighted by molar-refractivity contribution is 5.79. The SMILES string of the molecule is CO[C@@H]1C[C@@H](CO)N(C(=O)COc2ccccc2-c2ccccc2)C1. The number of hydrogen-bond donors (Lipinski definition) is 1. The highest BCUT2D eigenvalue weighted by atomic mass is 16.5. The zero-order valence-corrected chi connectivity index (χ0v) is 14.3. The van der Waals surface area contributed by atoms with Gasteiger partial charge in [-0.25, -0.2) is 0 Å². The van der Waals surface area contributed by atoms with Gasteiger partial charge in [-0.1, -0.05) is 48.5 Å². The minimum atomic E-state index is -0.203. The number of rotatable bonds is 6. The molecule has 1 heterocycles. The van der Waals surface area contributed by atoms with E-state index in [1.54, 1.807) is 12.0 Å². The van der Waals surface area contributed by atoms with Crippen molar-refractivity contribution in [1.29, 1.82) is 0 Å². The molecule has 132 valence electrons. The second-order valence-electron chi connectivity index (χ2n) is 6.13. The van der Waals surface area contributed by atoms with E-state index in [-0.39, 0.29) is 31.3 Å². The van der Waals surface area contributed by atoms with Crippen LogP contribution in [-0.2, 0) is 9.53 Å². The number of methoxy groups -OCH3 is 1. The van der Waals surface area contributed by atoms with Gasteiger partial charge in [0.1, 0.15) is 5.75 Å². The third-order valence-corrected chi connectivity index (χ3v) is 4.56. The van der Waals surface area contributed by atoms with Gasteiger partial charge >= 0.3 is 0 Å². The summed E-state index contributed by atoms with van der Waals surface area (Å²) in [7, 11) is 1.62. The van der Waals surface area contributed by atoms with Crippen molar-refractivity contribution in [2.75, 3.05) is 26.9 Å². The minimum absolute atomic E-state index is 0.0299. The smallest absolute Gasteiger partial charge is 0.260 e. The molecule has 0 unspecified atom stereocenters. The standard InChI is InChI=1S/C20H23NO4/c1-24-17-11-16(13-22)21(12-17)20(23)14-25-19-10-6-5-9-18(19)15-7-3-2-4-8-15/h2-10,16-17,22H,11-14H2,1H3/t16-,17+/m0/s1. The van der Waals surface area contributed by atoms with Crippen molar-refractivity contribution >= 4 is 5.91 Å². The van der Waals surface area contributed by atoms with E-state index in [1.165, 1.54) is 0 Å². The Kier molecular flexibility index (Phi) is 5.68. The molecule has 0 aromatic heterocycles. The van der Waals surface area contributed by atoms with Crippen LogP contribution in [0.5, 0.6) is 5.75 Å². The molecular formula is C20H23NO4. The molecule has 1 aliphatic heterocycles. The largest absolute Gasteiger partial charge is 0.483 e. The summed E-state index contributed by atoms with van der Waals surface area (Å²) in [5.41, 5.74) is 1.99. The molecule has 2 atom stereocenters. The fraction of sp³-hybridized carbons (Fsp3) is 0.350. The average Bonchev–Trinajstić information content (AvgIpc) is 3.11. The Morgan fingerprint density at radius 3 is 2.60 bits per heavy atom. The van der Waals surface area contributed by atoms with Gasteiger partial charge < -0.3 is 19.5 Å². The number of aliphatic hydroxyl groups excluding tert-OH is 1. The lowest BCUT2D eigenvalue weighted by molar-refractivity contribution is -0.135. The number of aliphatic hydroxyl groups is 1. The van der Waals surface area contributed by atoms with E-state index in [0.29, 0.717) is 18.7 Å². The Labute approximate surface area is 147 Å². The first-order valence-corrected chi connectivity index (χ1v) is 8.43. The number of ether oxygens (including phenoxy) is 2. The second kappa shape index (κ2) is 8.14. The lowest BCUT2D eigenvalue weighted by Gasteiger charge is -2.23. The number of hydrogen-bond acceptors (Lipinski definition) is 4. The summed E-state index contributed by atoms with van der Waals surface area (Å²) in [6.45, 7) is 0.368. The zero-order chi connectivity index (χ0) is 17.6. The number of carbonyl (C=O) groups is 1. The van der Waals surface area contributed by atoms with Crippen molar-refractivity contribution in [2.24, 2.45) is 0 Å².